The minimum absolute atomic E-state index is 0. The maximum absolute atomic E-state index is 11.8. The molecule has 5 heteroatoms. The van der Waals surface area contributed by atoms with Crippen LogP contribution in [-0.2, 0) is 4.79 Å². The molecular weight excluding hydrogens is 244 g/mol. The number of halogens is 1. The number of thioether (sulfide) groups is 1. The normalized spacial score (nSPS) is 18.9. The maximum atomic E-state index is 11.8. The van der Waals surface area contributed by atoms with Crippen LogP contribution in [0.3, 0.4) is 0 Å². The van der Waals surface area contributed by atoms with Crippen molar-refractivity contribution < 1.29 is 4.79 Å². The Balaban J connectivity index is 0.00000128. The first-order valence-corrected chi connectivity index (χ1v) is 6.09. The summed E-state index contributed by atoms with van der Waals surface area (Å²) in [7, 11) is 0. The van der Waals surface area contributed by atoms with Gasteiger partial charge in [-0.25, -0.2) is 0 Å². The summed E-state index contributed by atoms with van der Waals surface area (Å²) >= 11 is 1.72. The van der Waals surface area contributed by atoms with Gasteiger partial charge in [0.1, 0.15) is 0 Å². The number of anilines is 2. The van der Waals surface area contributed by atoms with Crippen LogP contribution in [0.25, 0.3) is 0 Å². The highest BCUT2D eigenvalue weighted by Gasteiger charge is 2.23. The molecule has 16 heavy (non-hydrogen) atoms. The lowest BCUT2D eigenvalue weighted by Crippen LogP contribution is -2.23. The summed E-state index contributed by atoms with van der Waals surface area (Å²) in [5.74, 6) is 1.16. The molecule has 88 valence electrons. The molecule has 3 N–H and O–H groups in total. The first-order valence-electron chi connectivity index (χ1n) is 5.04. The van der Waals surface area contributed by atoms with Gasteiger partial charge in [-0.2, -0.15) is 0 Å². The highest BCUT2D eigenvalue weighted by molar-refractivity contribution is 8.00. The van der Waals surface area contributed by atoms with Crippen LogP contribution in [0.4, 0.5) is 11.4 Å². The number of nitrogen functional groups attached to an aromatic ring is 1. The van der Waals surface area contributed by atoms with Gasteiger partial charge in [0.15, 0.2) is 0 Å². The lowest BCUT2D eigenvalue weighted by Gasteiger charge is -2.11. The number of nitrogens with one attached hydrogen (secondary N) is 1. The van der Waals surface area contributed by atoms with Crippen molar-refractivity contribution >= 4 is 41.5 Å². The van der Waals surface area contributed by atoms with Crippen molar-refractivity contribution in [1.82, 2.24) is 0 Å². The lowest BCUT2D eigenvalue weighted by atomic mass is 10.2. The molecule has 1 amide bonds. The summed E-state index contributed by atoms with van der Waals surface area (Å²) < 4.78 is 0. The second-order valence-electron chi connectivity index (χ2n) is 3.58. The Morgan fingerprint density at radius 3 is 2.81 bits per heavy atom. The molecule has 1 aliphatic heterocycles. The number of amides is 1. The van der Waals surface area contributed by atoms with Crippen molar-refractivity contribution in [3.8, 4) is 0 Å². The van der Waals surface area contributed by atoms with E-state index in [0.717, 1.165) is 24.3 Å². The quantitative estimate of drug-likeness (QED) is 0.802. The van der Waals surface area contributed by atoms with Crippen LogP contribution in [-0.4, -0.2) is 16.9 Å². The molecule has 1 aliphatic rings. The largest absolute Gasteiger partial charge is 0.397 e. The molecular formula is C11H15ClN2OS. The van der Waals surface area contributed by atoms with Crippen LogP contribution in [0.15, 0.2) is 24.3 Å². The van der Waals surface area contributed by atoms with Crippen LogP contribution < -0.4 is 11.1 Å². The molecule has 1 aromatic carbocycles. The van der Waals surface area contributed by atoms with Gasteiger partial charge in [0.05, 0.1) is 16.6 Å². The number of nitrogens with two attached hydrogens (primary N) is 1. The molecule has 0 spiro atoms. The average molecular weight is 259 g/mol. The summed E-state index contributed by atoms with van der Waals surface area (Å²) in [6.07, 6.45) is 2.11. The number of hydrogen-bond acceptors (Lipinski definition) is 3. The van der Waals surface area contributed by atoms with Gasteiger partial charge in [-0.1, -0.05) is 12.1 Å². The highest BCUT2D eigenvalue weighted by Crippen LogP contribution is 2.28. The summed E-state index contributed by atoms with van der Waals surface area (Å²) in [4.78, 5) is 11.8. The Morgan fingerprint density at radius 2 is 2.19 bits per heavy atom. The SMILES string of the molecule is Cl.Nc1ccccc1NC(=O)C1CCCS1. The van der Waals surface area contributed by atoms with Crippen LogP contribution in [0.5, 0.6) is 0 Å². The van der Waals surface area contributed by atoms with Crippen LogP contribution in [0, 0.1) is 0 Å². The molecule has 2 rings (SSSR count). The predicted molar refractivity (Wildman–Crippen MR) is 72.2 cm³/mol. The van der Waals surface area contributed by atoms with E-state index in [1.807, 2.05) is 18.2 Å². The van der Waals surface area contributed by atoms with E-state index >= 15 is 0 Å². The molecule has 0 bridgehead atoms. The number of hydrogen-bond donors (Lipinski definition) is 2. The number of benzene rings is 1. The lowest BCUT2D eigenvalue weighted by molar-refractivity contribution is -0.115. The average Bonchev–Trinajstić information content (AvgIpc) is 2.74. The fourth-order valence-corrected chi connectivity index (χ4v) is 2.77. The first kappa shape index (κ1) is 13.2. The minimum Gasteiger partial charge on any atom is -0.397 e. The van der Waals surface area contributed by atoms with Crippen LogP contribution in [0.2, 0.25) is 0 Å². The van der Waals surface area contributed by atoms with Crippen molar-refractivity contribution in [2.24, 2.45) is 0 Å². The summed E-state index contributed by atoms with van der Waals surface area (Å²) in [6.45, 7) is 0. The van der Waals surface area contributed by atoms with Crippen molar-refractivity contribution in [2.45, 2.75) is 18.1 Å². The van der Waals surface area contributed by atoms with E-state index in [0.29, 0.717) is 5.69 Å². The summed E-state index contributed by atoms with van der Waals surface area (Å²) in [5, 5.41) is 2.97. The summed E-state index contributed by atoms with van der Waals surface area (Å²) in [6, 6.07) is 7.34. The monoisotopic (exact) mass is 258 g/mol. The van der Waals surface area contributed by atoms with E-state index in [1.165, 1.54) is 0 Å². The fourth-order valence-electron chi connectivity index (χ4n) is 1.61. The van der Waals surface area contributed by atoms with E-state index < -0.39 is 0 Å². The van der Waals surface area contributed by atoms with Gasteiger partial charge in [0.25, 0.3) is 0 Å². The van der Waals surface area contributed by atoms with Crippen molar-refractivity contribution in [2.75, 3.05) is 16.8 Å². The minimum atomic E-state index is 0. The van der Waals surface area contributed by atoms with E-state index in [2.05, 4.69) is 5.32 Å². The molecule has 1 saturated heterocycles. The third kappa shape index (κ3) is 3.06. The zero-order chi connectivity index (χ0) is 10.7. The maximum Gasteiger partial charge on any atom is 0.237 e. The van der Waals surface area contributed by atoms with Crippen molar-refractivity contribution in [3.05, 3.63) is 24.3 Å². The molecule has 0 radical (unpaired) electrons. The Labute approximate surface area is 106 Å². The van der Waals surface area contributed by atoms with Gasteiger partial charge in [-0.3, -0.25) is 4.79 Å². The molecule has 1 heterocycles. The third-order valence-electron chi connectivity index (χ3n) is 2.44. The van der Waals surface area contributed by atoms with Crippen LogP contribution >= 0.6 is 24.2 Å². The van der Waals surface area contributed by atoms with Gasteiger partial charge in [0, 0.05) is 0 Å². The number of carbonyl (C=O) groups is 1. The smallest absolute Gasteiger partial charge is 0.237 e. The van der Waals surface area contributed by atoms with Gasteiger partial charge in [-0.15, -0.1) is 24.2 Å². The summed E-state index contributed by atoms with van der Waals surface area (Å²) in [5.41, 5.74) is 7.08. The Hall–Kier alpha value is -0.870. The second-order valence-corrected chi connectivity index (χ2v) is 4.89. The van der Waals surface area contributed by atoms with Gasteiger partial charge < -0.3 is 11.1 Å². The molecule has 0 aromatic heterocycles. The molecule has 1 aromatic rings. The second kappa shape index (κ2) is 6.01. The van der Waals surface area contributed by atoms with Crippen LogP contribution in [0.1, 0.15) is 12.8 Å². The first-order chi connectivity index (χ1) is 7.27. The third-order valence-corrected chi connectivity index (χ3v) is 3.82. The van der Waals surface area contributed by atoms with E-state index in [9.17, 15) is 4.79 Å². The Morgan fingerprint density at radius 1 is 1.44 bits per heavy atom. The molecule has 0 saturated carbocycles. The predicted octanol–water partition coefficient (Wildman–Crippen LogP) is 2.52. The number of rotatable bonds is 2. The van der Waals surface area contributed by atoms with Crippen molar-refractivity contribution in [3.63, 3.8) is 0 Å². The van der Waals surface area contributed by atoms with E-state index in [4.69, 9.17) is 5.73 Å². The Bertz CT molecular complexity index is 367. The van der Waals surface area contributed by atoms with Gasteiger partial charge >= 0.3 is 0 Å². The molecule has 1 fully saturated rings. The molecule has 1 atom stereocenters. The molecule has 1 unspecified atom stereocenters. The van der Waals surface area contributed by atoms with Crippen molar-refractivity contribution in [1.29, 1.82) is 0 Å². The van der Waals surface area contributed by atoms with E-state index in [1.54, 1.807) is 17.8 Å². The number of carbonyl (C=O) groups excluding carboxylic acids is 1. The molecule has 0 aliphatic carbocycles. The zero-order valence-electron chi connectivity index (χ0n) is 8.81. The Kier molecular flexibility index (Phi) is 4.96. The standard InChI is InChI=1S/C11H14N2OS.ClH/c12-8-4-1-2-5-9(8)13-11(14)10-6-3-7-15-10;/h1-2,4-5,10H,3,6-7,12H2,(H,13,14);1H. The number of para-hydroxylation sites is 2. The topological polar surface area (TPSA) is 55.1 Å². The van der Waals surface area contributed by atoms with Gasteiger partial charge in [-0.05, 0) is 30.7 Å². The zero-order valence-corrected chi connectivity index (χ0v) is 10.4. The van der Waals surface area contributed by atoms with Gasteiger partial charge in [0.2, 0.25) is 5.91 Å². The van der Waals surface area contributed by atoms with E-state index in [-0.39, 0.29) is 23.6 Å². The molecule has 3 nitrogen and oxygen atoms in total. The highest BCUT2D eigenvalue weighted by atomic mass is 35.5. The fraction of sp³-hybridized carbons (Fsp3) is 0.364.